The van der Waals surface area contributed by atoms with Crippen LogP contribution in [0.3, 0.4) is 0 Å². The molecule has 7 aliphatic rings. The zero-order chi connectivity index (χ0) is 43.7. The lowest BCUT2D eigenvalue weighted by Crippen LogP contribution is -2.66. The monoisotopic (exact) mass is 851 g/mol. The van der Waals surface area contributed by atoms with Crippen molar-refractivity contribution in [3.05, 3.63) is 35.5 Å². The third-order valence-corrected chi connectivity index (χ3v) is 20.5. The summed E-state index contributed by atoms with van der Waals surface area (Å²) in [6, 6.07) is 0. The van der Waals surface area contributed by atoms with Crippen LogP contribution < -0.4 is 5.32 Å². The van der Waals surface area contributed by atoms with Gasteiger partial charge in [-0.05, 0) is 199 Å². The van der Waals surface area contributed by atoms with Crippen molar-refractivity contribution >= 4 is 21.8 Å². The van der Waals surface area contributed by atoms with Crippen molar-refractivity contribution in [2.75, 3.05) is 44.2 Å². The fourth-order valence-corrected chi connectivity index (χ4v) is 17.0. The molecule has 5 fully saturated rings. The highest BCUT2D eigenvalue weighted by molar-refractivity contribution is 7.91. The Kier molecular flexibility index (Phi) is 12.7. The summed E-state index contributed by atoms with van der Waals surface area (Å²) in [5.41, 5.74) is 3.90. The topological polar surface area (TPSA) is 102 Å². The van der Waals surface area contributed by atoms with Crippen molar-refractivity contribution in [1.82, 2.24) is 10.2 Å². The lowest BCUT2D eigenvalue weighted by atomic mass is 9.32. The number of rotatable bonds is 12. The van der Waals surface area contributed by atoms with Crippen LogP contribution in [0.2, 0.25) is 0 Å². The summed E-state index contributed by atoms with van der Waals surface area (Å²) in [5, 5.41) is 3.99. The van der Waals surface area contributed by atoms with Crippen LogP contribution in [0.25, 0.3) is 0 Å². The van der Waals surface area contributed by atoms with Gasteiger partial charge in [-0.3, -0.25) is 9.59 Å². The van der Waals surface area contributed by atoms with Crippen molar-refractivity contribution < 1.29 is 27.5 Å². The van der Waals surface area contributed by atoms with Crippen molar-refractivity contribution in [3.63, 3.8) is 0 Å². The SMILES string of the molecule is C=C(C)C1CCC2(CNCCCN3CCS(=O)(=O)CC3)CCC3(C)C(CCC4C5(C)CC=C(C6=CCC(C(=O)OC(C)C)(C(=O)OC(C)C)CC6)C(C)(C)C5CCC43C)C12. The van der Waals surface area contributed by atoms with Crippen LogP contribution in [-0.4, -0.2) is 81.7 Å². The molecule has 9 unspecified atom stereocenters. The number of carbonyl (C=O) groups excluding carboxylic acids is 2. The first-order chi connectivity index (χ1) is 28.1. The molecule has 1 aliphatic heterocycles. The number of allylic oxidation sites excluding steroid dienone is 5. The van der Waals surface area contributed by atoms with Gasteiger partial charge in [0.25, 0.3) is 0 Å². The summed E-state index contributed by atoms with van der Waals surface area (Å²) in [6.45, 7) is 31.8. The highest BCUT2D eigenvalue weighted by Crippen LogP contribution is 2.77. The molecule has 4 saturated carbocycles. The van der Waals surface area contributed by atoms with Gasteiger partial charge in [-0.2, -0.15) is 0 Å². The number of carbonyl (C=O) groups is 2. The third kappa shape index (κ3) is 7.74. The number of esters is 2. The standard InChI is InChI=1S/C51H82N2O6S/c1-34(2)38-17-22-50(33-52-27-12-28-53-29-31-60(56,57)32-30-53)26-25-48(10)40(43(38)50)13-14-42-47(9)20-18-39(46(7,8)41(47)19-21-49(42,48)11)37-15-23-51(24-16-37,44(54)58-35(3)4)45(55)59-36(5)6/h15,18,35-36,38,40-43,52H,1,12-14,16-17,19-33H2,2-11H3. The van der Waals surface area contributed by atoms with E-state index < -0.39 is 27.2 Å². The van der Waals surface area contributed by atoms with E-state index in [1.807, 2.05) is 27.7 Å². The molecule has 0 aromatic rings. The van der Waals surface area contributed by atoms with E-state index in [4.69, 9.17) is 9.47 Å². The summed E-state index contributed by atoms with van der Waals surface area (Å²) in [4.78, 5) is 29.5. The molecule has 6 aliphatic carbocycles. The van der Waals surface area contributed by atoms with Crippen molar-refractivity contribution in [2.45, 2.75) is 165 Å². The second-order valence-corrected chi connectivity index (χ2v) is 25.3. The van der Waals surface area contributed by atoms with Gasteiger partial charge in [-0.25, -0.2) is 8.42 Å². The van der Waals surface area contributed by atoms with Gasteiger partial charge in [0.15, 0.2) is 15.3 Å². The lowest BCUT2D eigenvalue weighted by Gasteiger charge is -2.72. The van der Waals surface area contributed by atoms with Crippen LogP contribution in [0, 0.1) is 62.1 Å². The minimum Gasteiger partial charge on any atom is -0.462 e. The molecule has 0 radical (unpaired) electrons. The Morgan fingerprint density at radius 3 is 2.10 bits per heavy atom. The molecule has 1 heterocycles. The van der Waals surface area contributed by atoms with E-state index in [-0.39, 0.29) is 33.9 Å². The molecule has 0 aromatic heterocycles. The maximum atomic E-state index is 13.6. The van der Waals surface area contributed by atoms with E-state index >= 15 is 0 Å². The normalized spacial score (nSPS) is 39.4. The van der Waals surface area contributed by atoms with Gasteiger partial charge in [0.1, 0.15) is 0 Å². The molecule has 0 bridgehead atoms. The molecule has 1 N–H and O–H groups in total. The quantitative estimate of drug-likeness (QED) is 0.0897. The average Bonchev–Trinajstić information content (AvgIpc) is 3.55. The highest BCUT2D eigenvalue weighted by Gasteiger charge is 2.70. The Hall–Kier alpha value is -1.97. The molecule has 0 aromatic carbocycles. The van der Waals surface area contributed by atoms with Crippen LogP contribution in [0.1, 0.15) is 153 Å². The summed E-state index contributed by atoms with van der Waals surface area (Å²) in [6.07, 6.45) is 18.1. The number of ether oxygens (including phenoxy) is 2. The number of nitrogens with zero attached hydrogens (tertiary/aromatic N) is 1. The molecule has 0 amide bonds. The number of fused-ring (bicyclic) bond motifs is 7. The maximum absolute atomic E-state index is 13.6. The number of sulfone groups is 1. The molecule has 9 atom stereocenters. The fraction of sp³-hybridized carbons (Fsp3) is 0.843. The van der Waals surface area contributed by atoms with E-state index in [9.17, 15) is 18.0 Å². The van der Waals surface area contributed by atoms with Crippen LogP contribution >= 0.6 is 0 Å². The van der Waals surface area contributed by atoms with Crippen molar-refractivity contribution in [1.29, 1.82) is 0 Å². The van der Waals surface area contributed by atoms with Gasteiger partial charge < -0.3 is 19.7 Å². The van der Waals surface area contributed by atoms with E-state index in [1.54, 1.807) is 0 Å². The Bertz CT molecular complexity index is 1810. The first kappa shape index (κ1) is 46.0. The first-order valence-corrected chi connectivity index (χ1v) is 26.0. The molecule has 1 saturated heterocycles. The molecule has 9 heteroatoms. The van der Waals surface area contributed by atoms with Gasteiger partial charge in [0.2, 0.25) is 0 Å². The van der Waals surface area contributed by atoms with Crippen molar-refractivity contribution in [3.8, 4) is 0 Å². The largest absolute Gasteiger partial charge is 0.462 e. The summed E-state index contributed by atoms with van der Waals surface area (Å²) >= 11 is 0. The molecular weight excluding hydrogens is 769 g/mol. The molecule has 338 valence electrons. The second kappa shape index (κ2) is 16.5. The van der Waals surface area contributed by atoms with Gasteiger partial charge in [0, 0.05) is 19.6 Å². The molecule has 0 spiro atoms. The fourth-order valence-electron chi connectivity index (χ4n) is 15.7. The van der Waals surface area contributed by atoms with Crippen LogP contribution in [0.5, 0.6) is 0 Å². The average molecular weight is 851 g/mol. The predicted octanol–water partition coefficient (Wildman–Crippen LogP) is 9.89. The minimum absolute atomic E-state index is 0.0234. The zero-order valence-corrected chi connectivity index (χ0v) is 40.2. The van der Waals surface area contributed by atoms with E-state index in [1.165, 1.54) is 68.1 Å². The molecular formula is C51H82N2O6S. The zero-order valence-electron chi connectivity index (χ0n) is 39.4. The highest BCUT2D eigenvalue weighted by atomic mass is 32.2. The Morgan fingerprint density at radius 2 is 1.50 bits per heavy atom. The van der Waals surface area contributed by atoms with Gasteiger partial charge >= 0.3 is 11.9 Å². The van der Waals surface area contributed by atoms with E-state index in [0.717, 1.165) is 32.5 Å². The summed E-state index contributed by atoms with van der Waals surface area (Å²) in [5.74, 6) is 2.90. The number of nitrogens with one attached hydrogen (secondary N) is 1. The number of hydrogen-bond acceptors (Lipinski definition) is 8. The number of hydrogen-bond donors (Lipinski definition) is 1. The van der Waals surface area contributed by atoms with Crippen LogP contribution in [0.4, 0.5) is 0 Å². The Balaban J connectivity index is 1.08. The van der Waals surface area contributed by atoms with Crippen molar-refractivity contribution in [2.24, 2.45) is 62.1 Å². The van der Waals surface area contributed by atoms with Gasteiger partial charge in [-0.1, -0.05) is 58.9 Å². The smallest absolute Gasteiger partial charge is 0.324 e. The molecule has 7 rings (SSSR count). The summed E-state index contributed by atoms with van der Waals surface area (Å²) in [7, 11) is -2.84. The minimum atomic E-state index is -2.84. The maximum Gasteiger partial charge on any atom is 0.324 e. The molecule has 8 nitrogen and oxygen atoms in total. The predicted molar refractivity (Wildman–Crippen MR) is 242 cm³/mol. The van der Waals surface area contributed by atoms with Crippen LogP contribution in [0.15, 0.2) is 35.5 Å². The Morgan fingerprint density at radius 1 is 0.833 bits per heavy atom. The van der Waals surface area contributed by atoms with E-state index in [2.05, 4.69) is 70.5 Å². The van der Waals surface area contributed by atoms with Gasteiger partial charge in [0.05, 0.1) is 23.7 Å². The van der Waals surface area contributed by atoms with E-state index in [0.29, 0.717) is 78.9 Å². The molecule has 60 heavy (non-hydrogen) atoms. The third-order valence-electron chi connectivity index (χ3n) is 18.9. The summed E-state index contributed by atoms with van der Waals surface area (Å²) < 4.78 is 35.3. The first-order valence-electron chi connectivity index (χ1n) is 24.2. The van der Waals surface area contributed by atoms with Crippen LogP contribution in [-0.2, 0) is 28.9 Å². The second-order valence-electron chi connectivity index (χ2n) is 23.0. The van der Waals surface area contributed by atoms with Gasteiger partial charge in [-0.15, -0.1) is 0 Å². The Labute approximate surface area is 364 Å². The lowest BCUT2D eigenvalue weighted by molar-refractivity contribution is -0.226.